The van der Waals surface area contributed by atoms with Gasteiger partial charge in [0.15, 0.2) is 0 Å². The zero-order valence-electron chi connectivity index (χ0n) is 10.5. The standard InChI is InChI=1S/C13H19FN2O2/c1-2-7-16(8-3-6-15)13(18)11-9-10(14)4-5-12(11)17/h4-5,9,17H,2-3,6-8,15H2,1H3. The Hall–Kier alpha value is -1.62. The van der Waals surface area contributed by atoms with E-state index in [0.717, 1.165) is 18.6 Å². The number of carbonyl (C=O) groups excluding carboxylic acids is 1. The van der Waals surface area contributed by atoms with Crippen molar-refractivity contribution in [1.82, 2.24) is 4.90 Å². The van der Waals surface area contributed by atoms with E-state index in [-0.39, 0.29) is 17.2 Å². The summed E-state index contributed by atoms with van der Waals surface area (Å²) in [5.41, 5.74) is 5.42. The van der Waals surface area contributed by atoms with E-state index in [0.29, 0.717) is 26.1 Å². The van der Waals surface area contributed by atoms with Crippen LogP contribution >= 0.6 is 0 Å². The number of nitrogens with two attached hydrogens (primary N) is 1. The number of hydrogen-bond acceptors (Lipinski definition) is 3. The van der Waals surface area contributed by atoms with Gasteiger partial charge in [-0.3, -0.25) is 4.79 Å². The van der Waals surface area contributed by atoms with Crippen LogP contribution in [-0.2, 0) is 0 Å². The van der Waals surface area contributed by atoms with Gasteiger partial charge in [-0.15, -0.1) is 0 Å². The van der Waals surface area contributed by atoms with Gasteiger partial charge >= 0.3 is 0 Å². The molecule has 0 fully saturated rings. The van der Waals surface area contributed by atoms with E-state index in [1.165, 1.54) is 6.07 Å². The third kappa shape index (κ3) is 3.70. The van der Waals surface area contributed by atoms with Gasteiger partial charge in [0.2, 0.25) is 0 Å². The average Bonchev–Trinajstić information content (AvgIpc) is 2.36. The van der Waals surface area contributed by atoms with Crippen LogP contribution in [0.5, 0.6) is 5.75 Å². The molecule has 0 atom stereocenters. The molecule has 0 aliphatic rings. The second-order valence-electron chi connectivity index (χ2n) is 4.10. The predicted octanol–water partition coefficient (Wildman–Crippen LogP) is 1.73. The molecule has 0 aromatic heterocycles. The highest BCUT2D eigenvalue weighted by Crippen LogP contribution is 2.20. The monoisotopic (exact) mass is 254 g/mol. The minimum atomic E-state index is -0.536. The SMILES string of the molecule is CCCN(CCCN)C(=O)c1cc(F)ccc1O. The van der Waals surface area contributed by atoms with Crippen molar-refractivity contribution in [2.75, 3.05) is 19.6 Å². The molecule has 3 N–H and O–H groups in total. The average molecular weight is 254 g/mol. The molecule has 1 amide bonds. The van der Waals surface area contributed by atoms with Gasteiger partial charge in [-0.05, 0) is 37.6 Å². The molecule has 0 unspecified atom stereocenters. The van der Waals surface area contributed by atoms with Gasteiger partial charge in [0, 0.05) is 13.1 Å². The fourth-order valence-corrected chi connectivity index (χ4v) is 1.72. The van der Waals surface area contributed by atoms with E-state index in [1.54, 1.807) is 4.90 Å². The summed E-state index contributed by atoms with van der Waals surface area (Å²) in [6.45, 7) is 3.52. The Bertz CT molecular complexity index is 410. The molecule has 5 heteroatoms. The number of halogens is 1. The number of amides is 1. The molecular weight excluding hydrogens is 235 g/mol. The van der Waals surface area contributed by atoms with Gasteiger partial charge in [0.1, 0.15) is 11.6 Å². The minimum absolute atomic E-state index is 0.000437. The molecule has 0 radical (unpaired) electrons. The van der Waals surface area contributed by atoms with Crippen LogP contribution in [0, 0.1) is 5.82 Å². The summed E-state index contributed by atoms with van der Waals surface area (Å²) in [6, 6.07) is 3.37. The predicted molar refractivity (Wildman–Crippen MR) is 67.9 cm³/mol. The highest BCUT2D eigenvalue weighted by atomic mass is 19.1. The Kier molecular flexibility index (Phi) is 5.58. The molecule has 0 aliphatic carbocycles. The summed E-state index contributed by atoms with van der Waals surface area (Å²) in [6.07, 6.45) is 1.48. The van der Waals surface area contributed by atoms with Gasteiger partial charge in [-0.1, -0.05) is 6.92 Å². The van der Waals surface area contributed by atoms with Crippen LogP contribution in [0.1, 0.15) is 30.1 Å². The maximum atomic E-state index is 13.1. The molecule has 1 aromatic rings. The number of benzene rings is 1. The Morgan fingerprint density at radius 2 is 2.17 bits per heavy atom. The number of rotatable bonds is 6. The van der Waals surface area contributed by atoms with Crippen molar-refractivity contribution in [1.29, 1.82) is 0 Å². The molecule has 1 rings (SSSR count). The van der Waals surface area contributed by atoms with Gasteiger partial charge in [0.25, 0.3) is 5.91 Å². The number of phenols is 1. The maximum absolute atomic E-state index is 13.1. The molecule has 18 heavy (non-hydrogen) atoms. The van der Waals surface area contributed by atoms with Gasteiger partial charge in [0.05, 0.1) is 5.56 Å². The third-order valence-corrected chi connectivity index (χ3v) is 2.60. The topological polar surface area (TPSA) is 66.6 Å². The first-order chi connectivity index (χ1) is 8.60. The molecule has 0 aliphatic heterocycles. The lowest BCUT2D eigenvalue weighted by Gasteiger charge is -2.22. The van der Waals surface area contributed by atoms with Crippen LogP contribution in [-0.4, -0.2) is 35.5 Å². The van der Waals surface area contributed by atoms with Crippen LogP contribution < -0.4 is 5.73 Å². The molecule has 0 heterocycles. The number of hydrogen-bond donors (Lipinski definition) is 2. The molecule has 0 saturated carbocycles. The van der Waals surface area contributed by atoms with Gasteiger partial charge in [-0.2, -0.15) is 0 Å². The number of phenolic OH excluding ortho intramolecular Hbond substituents is 1. The Morgan fingerprint density at radius 1 is 1.44 bits per heavy atom. The Morgan fingerprint density at radius 3 is 2.78 bits per heavy atom. The van der Waals surface area contributed by atoms with Crippen molar-refractivity contribution in [3.8, 4) is 5.75 Å². The van der Waals surface area contributed by atoms with Crippen molar-refractivity contribution >= 4 is 5.91 Å². The summed E-state index contributed by atoms with van der Waals surface area (Å²) in [5, 5.41) is 9.61. The van der Waals surface area contributed by atoms with E-state index < -0.39 is 5.82 Å². The summed E-state index contributed by atoms with van der Waals surface area (Å²) in [4.78, 5) is 13.8. The number of nitrogens with zero attached hydrogens (tertiary/aromatic N) is 1. The van der Waals surface area contributed by atoms with Crippen molar-refractivity contribution in [3.05, 3.63) is 29.6 Å². The smallest absolute Gasteiger partial charge is 0.257 e. The second kappa shape index (κ2) is 6.96. The van der Waals surface area contributed by atoms with Crippen LogP contribution in [0.4, 0.5) is 4.39 Å². The lowest BCUT2D eigenvalue weighted by Crippen LogP contribution is -2.33. The van der Waals surface area contributed by atoms with Crippen molar-refractivity contribution in [3.63, 3.8) is 0 Å². The summed E-state index contributed by atoms with van der Waals surface area (Å²) >= 11 is 0. The zero-order valence-corrected chi connectivity index (χ0v) is 10.5. The highest BCUT2D eigenvalue weighted by Gasteiger charge is 2.18. The van der Waals surface area contributed by atoms with Crippen molar-refractivity contribution in [2.24, 2.45) is 5.73 Å². The van der Waals surface area contributed by atoms with E-state index in [9.17, 15) is 14.3 Å². The lowest BCUT2D eigenvalue weighted by atomic mass is 10.1. The molecule has 0 bridgehead atoms. The van der Waals surface area contributed by atoms with E-state index in [2.05, 4.69) is 0 Å². The molecule has 1 aromatic carbocycles. The van der Waals surface area contributed by atoms with Gasteiger partial charge in [-0.25, -0.2) is 4.39 Å². The first-order valence-corrected chi connectivity index (χ1v) is 6.08. The summed E-state index contributed by atoms with van der Waals surface area (Å²) in [5.74, 6) is -1.09. The normalized spacial score (nSPS) is 10.4. The Labute approximate surface area is 106 Å². The van der Waals surface area contributed by atoms with E-state index in [4.69, 9.17) is 5.73 Å². The van der Waals surface area contributed by atoms with Crippen LogP contribution in [0.2, 0.25) is 0 Å². The highest BCUT2D eigenvalue weighted by molar-refractivity contribution is 5.96. The fraction of sp³-hybridized carbons (Fsp3) is 0.462. The van der Waals surface area contributed by atoms with Crippen molar-refractivity contribution < 1.29 is 14.3 Å². The third-order valence-electron chi connectivity index (χ3n) is 2.60. The molecule has 100 valence electrons. The zero-order chi connectivity index (χ0) is 13.5. The van der Waals surface area contributed by atoms with E-state index in [1.807, 2.05) is 6.92 Å². The van der Waals surface area contributed by atoms with Crippen LogP contribution in [0.15, 0.2) is 18.2 Å². The number of aromatic hydroxyl groups is 1. The van der Waals surface area contributed by atoms with Gasteiger partial charge < -0.3 is 15.7 Å². The summed E-state index contributed by atoms with van der Waals surface area (Å²) in [7, 11) is 0. The molecular formula is C13H19FN2O2. The summed E-state index contributed by atoms with van der Waals surface area (Å²) < 4.78 is 13.1. The van der Waals surface area contributed by atoms with Crippen LogP contribution in [0.3, 0.4) is 0 Å². The fourth-order valence-electron chi connectivity index (χ4n) is 1.72. The Balaban J connectivity index is 2.90. The molecule has 0 spiro atoms. The first kappa shape index (κ1) is 14.4. The lowest BCUT2D eigenvalue weighted by molar-refractivity contribution is 0.0751. The number of carbonyl (C=O) groups is 1. The quantitative estimate of drug-likeness (QED) is 0.812. The first-order valence-electron chi connectivity index (χ1n) is 6.08. The largest absolute Gasteiger partial charge is 0.507 e. The molecule has 4 nitrogen and oxygen atoms in total. The second-order valence-corrected chi connectivity index (χ2v) is 4.10. The molecule has 0 saturated heterocycles. The van der Waals surface area contributed by atoms with Crippen LogP contribution in [0.25, 0.3) is 0 Å². The van der Waals surface area contributed by atoms with E-state index >= 15 is 0 Å². The van der Waals surface area contributed by atoms with Crippen molar-refractivity contribution in [2.45, 2.75) is 19.8 Å². The maximum Gasteiger partial charge on any atom is 0.257 e. The minimum Gasteiger partial charge on any atom is -0.507 e.